The maximum absolute atomic E-state index is 12.5. The highest BCUT2D eigenvalue weighted by atomic mass is 32.2. The largest absolute Gasteiger partial charge is 0.479 e. The summed E-state index contributed by atoms with van der Waals surface area (Å²) in [6.45, 7) is 3.61. The molecule has 2 aromatic carbocycles. The predicted octanol–water partition coefficient (Wildman–Crippen LogP) is 5.19. The fourth-order valence-electron chi connectivity index (χ4n) is 1.95. The summed E-state index contributed by atoms with van der Waals surface area (Å²) in [5.74, 6) is 0.0722. The number of hydrogen-bond donors (Lipinski definition) is 0. The topological polar surface area (TPSA) is 35.5 Å². The lowest BCUT2D eigenvalue weighted by atomic mass is 10.2. The molecule has 0 aromatic heterocycles. The van der Waals surface area contributed by atoms with Crippen LogP contribution < -0.4 is 4.74 Å². The summed E-state index contributed by atoms with van der Waals surface area (Å²) < 4.78 is 48.0. The molecule has 1 atom stereocenters. The van der Waals surface area contributed by atoms with Crippen LogP contribution in [0.5, 0.6) is 5.75 Å². The molecule has 0 aliphatic carbocycles. The molecule has 0 amide bonds. The van der Waals surface area contributed by atoms with E-state index in [0.717, 1.165) is 17.0 Å². The Hall–Kier alpha value is -2.15. The number of rotatable bonds is 6. The third-order valence-electron chi connectivity index (χ3n) is 3.17. The van der Waals surface area contributed by atoms with Crippen LogP contribution in [-0.2, 0) is 15.7 Å². The Morgan fingerprint density at radius 2 is 1.56 bits per heavy atom. The Bertz CT molecular complexity index is 697. The van der Waals surface area contributed by atoms with Crippen LogP contribution in [-0.4, -0.2) is 18.7 Å². The summed E-state index contributed by atoms with van der Waals surface area (Å²) in [4.78, 5) is 13.1. The standard InChI is InChI=1S/C18H17F3O3S/c1-3-23-17(22)12(2)24-14-6-10-16(11-7-14)25-15-8-4-13(5-9-15)18(19,20)21/h4-12H,3H2,1-2H3. The quantitative estimate of drug-likeness (QED) is 0.656. The van der Waals surface area contributed by atoms with Crippen molar-refractivity contribution in [1.82, 2.24) is 0 Å². The molecule has 134 valence electrons. The van der Waals surface area contributed by atoms with Gasteiger partial charge in [-0.2, -0.15) is 13.2 Å². The van der Waals surface area contributed by atoms with E-state index in [1.165, 1.54) is 23.9 Å². The molecular formula is C18H17F3O3S. The molecule has 1 unspecified atom stereocenters. The average Bonchev–Trinajstić information content (AvgIpc) is 2.56. The minimum atomic E-state index is -4.34. The lowest BCUT2D eigenvalue weighted by Gasteiger charge is -2.13. The van der Waals surface area contributed by atoms with E-state index >= 15 is 0 Å². The number of ether oxygens (including phenoxy) is 2. The van der Waals surface area contributed by atoms with E-state index in [-0.39, 0.29) is 6.61 Å². The second kappa shape index (κ2) is 8.29. The molecule has 0 N–H and O–H groups in total. The molecule has 0 radical (unpaired) electrons. The number of alkyl halides is 3. The maximum Gasteiger partial charge on any atom is 0.416 e. The van der Waals surface area contributed by atoms with Crippen LogP contribution in [0.1, 0.15) is 19.4 Å². The summed E-state index contributed by atoms with van der Waals surface area (Å²) in [6.07, 6.45) is -5.05. The van der Waals surface area contributed by atoms with Crippen molar-refractivity contribution in [2.24, 2.45) is 0 Å². The molecule has 0 heterocycles. The molecule has 25 heavy (non-hydrogen) atoms. The van der Waals surface area contributed by atoms with Gasteiger partial charge in [-0.3, -0.25) is 0 Å². The molecule has 2 rings (SSSR count). The molecule has 2 aromatic rings. The van der Waals surface area contributed by atoms with Gasteiger partial charge < -0.3 is 9.47 Å². The second-order valence-electron chi connectivity index (χ2n) is 5.11. The van der Waals surface area contributed by atoms with E-state index in [1.807, 2.05) is 0 Å². The van der Waals surface area contributed by atoms with Crippen molar-refractivity contribution in [3.8, 4) is 5.75 Å². The zero-order valence-corrected chi connectivity index (χ0v) is 14.5. The van der Waals surface area contributed by atoms with E-state index in [1.54, 1.807) is 38.1 Å². The average molecular weight is 370 g/mol. The van der Waals surface area contributed by atoms with E-state index in [2.05, 4.69) is 0 Å². The first kappa shape index (κ1) is 19.2. The predicted molar refractivity (Wildman–Crippen MR) is 88.7 cm³/mol. The van der Waals surface area contributed by atoms with Crippen LogP contribution >= 0.6 is 11.8 Å². The van der Waals surface area contributed by atoms with Crippen molar-refractivity contribution >= 4 is 17.7 Å². The lowest BCUT2D eigenvalue weighted by Crippen LogP contribution is -2.25. The molecule has 0 spiro atoms. The fourth-order valence-corrected chi connectivity index (χ4v) is 2.76. The van der Waals surface area contributed by atoms with Gasteiger partial charge >= 0.3 is 12.1 Å². The van der Waals surface area contributed by atoms with Crippen molar-refractivity contribution in [2.45, 2.75) is 35.9 Å². The van der Waals surface area contributed by atoms with Crippen LogP contribution in [0.25, 0.3) is 0 Å². The lowest BCUT2D eigenvalue weighted by molar-refractivity contribution is -0.150. The third kappa shape index (κ3) is 5.70. The molecule has 0 aliphatic heterocycles. The Morgan fingerprint density at radius 3 is 2.04 bits per heavy atom. The van der Waals surface area contributed by atoms with Gasteiger partial charge in [-0.25, -0.2) is 4.79 Å². The zero-order chi connectivity index (χ0) is 18.4. The maximum atomic E-state index is 12.5. The van der Waals surface area contributed by atoms with Gasteiger partial charge in [0.15, 0.2) is 6.10 Å². The Morgan fingerprint density at radius 1 is 1.04 bits per heavy atom. The second-order valence-corrected chi connectivity index (χ2v) is 6.25. The summed E-state index contributed by atoms with van der Waals surface area (Å²) >= 11 is 1.33. The first-order valence-corrected chi connectivity index (χ1v) is 8.39. The zero-order valence-electron chi connectivity index (χ0n) is 13.7. The number of carbonyl (C=O) groups is 1. The van der Waals surface area contributed by atoms with Gasteiger partial charge in [0.1, 0.15) is 5.75 Å². The number of halogens is 3. The van der Waals surface area contributed by atoms with Gasteiger partial charge in [0.25, 0.3) is 0 Å². The molecular weight excluding hydrogens is 353 g/mol. The van der Waals surface area contributed by atoms with Crippen LogP contribution in [0, 0.1) is 0 Å². The van der Waals surface area contributed by atoms with Crippen LogP contribution in [0.3, 0.4) is 0 Å². The molecule has 0 saturated carbocycles. The summed E-state index contributed by atoms with van der Waals surface area (Å²) in [7, 11) is 0. The highest BCUT2D eigenvalue weighted by Gasteiger charge is 2.29. The highest BCUT2D eigenvalue weighted by molar-refractivity contribution is 7.99. The van der Waals surface area contributed by atoms with Crippen LogP contribution in [0.15, 0.2) is 58.3 Å². The minimum absolute atomic E-state index is 0.287. The first-order chi connectivity index (χ1) is 11.8. The van der Waals surface area contributed by atoms with Gasteiger partial charge in [-0.05, 0) is 62.4 Å². The van der Waals surface area contributed by atoms with Crippen LogP contribution in [0.4, 0.5) is 13.2 Å². The van der Waals surface area contributed by atoms with Crippen molar-refractivity contribution in [2.75, 3.05) is 6.61 Å². The van der Waals surface area contributed by atoms with Gasteiger partial charge in [-0.1, -0.05) is 11.8 Å². The fraction of sp³-hybridized carbons (Fsp3) is 0.278. The van der Waals surface area contributed by atoms with Crippen molar-refractivity contribution in [3.63, 3.8) is 0 Å². The first-order valence-electron chi connectivity index (χ1n) is 7.58. The van der Waals surface area contributed by atoms with E-state index in [9.17, 15) is 18.0 Å². The van der Waals surface area contributed by atoms with Crippen molar-refractivity contribution < 1.29 is 27.4 Å². The molecule has 0 aliphatic rings. The molecule has 0 bridgehead atoms. The number of hydrogen-bond acceptors (Lipinski definition) is 4. The van der Waals surface area contributed by atoms with Gasteiger partial charge in [-0.15, -0.1) is 0 Å². The Labute approximate surface area is 148 Å². The van der Waals surface area contributed by atoms with Gasteiger partial charge in [0.05, 0.1) is 12.2 Å². The molecule has 7 heteroatoms. The van der Waals surface area contributed by atoms with Crippen molar-refractivity contribution in [1.29, 1.82) is 0 Å². The van der Waals surface area contributed by atoms with E-state index in [4.69, 9.17) is 9.47 Å². The molecule has 3 nitrogen and oxygen atoms in total. The number of esters is 1. The third-order valence-corrected chi connectivity index (χ3v) is 4.19. The van der Waals surface area contributed by atoms with Gasteiger partial charge in [0, 0.05) is 9.79 Å². The summed E-state index contributed by atoms with van der Waals surface area (Å²) in [6, 6.07) is 11.9. The Kier molecular flexibility index (Phi) is 6.36. The van der Waals surface area contributed by atoms with E-state index < -0.39 is 23.8 Å². The van der Waals surface area contributed by atoms with E-state index in [0.29, 0.717) is 10.6 Å². The number of benzene rings is 2. The summed E-state index contributed by atoms with van der Waals surface area (Å²) in [5, 5.41) is 0. The molecule has 0 fully saturated rings. The number of carbonyl (C=O) groups excluding carboxylic acids is 1. The summed E-state index contributed by atoms with van der Waals surface area (Å²) in [5.41, 5.74) is -0.673. The van der Waals surface area contributed by atoms with Crippen LogP contribution in [0.2, 0.25) is 0 Å². The SMILES string of the molecule is CCOC(=O)C(C)Oc1ccc(Sc2ccc(C(F)(F)F)cc2)cc1. The molecule has 0 saturated heterocycles. The monoisotopic (exact) mass is 370 g/mol. The highest BCUT2D eigenvalue weighted by Crippen LogP contribution is 2.33. The smallest absolute Gasteiger partial charge is 0.416 e. The van der Waals surface area contributed by atoms with Gasteiger partial charge in [0.2, 0.25) is 0 Å². The van der Waals surface area contributed by atoms with Crippen molar-refractivity contribution in [3.05, 3.63) is 54.1 Å². The Balaban J connectivity index is 1.97. The minimum Gasteiger partial charge on any atom is -0.479 e. The normalized spacial score (nSPS) is 12.5.